The van der Waals surface area contributed by atoms with E-state index in [1.165, 1.54) is 12.8 Å². The van der Waals surface area contributed by atoms with Crippen molar-refractivity contribution in [3.63, 3.8) is 0 Å². The fraction of sp³-hybridized carbons (Fsp3) is 0.714. The highest BCUT2D eigenvalue weighted by Crippen LogP contribution is 2.17. The van der Waals surface area contributed by atoms with Crippen molar-refractivity contribution in [2.45, 2.75) is 12.8 Å². The van der Waals surface area contributed by atoms with Crippen molar-refractivity contribution in [3.8, 4) is 0 Å². The fourth-order valence-corrected chi connectivity index (χ4v) is 2.71. The van der Waals surface area contributed by atoms with Crippen LogP contribution in [0.4, 0.5) is 11.8 Å². The zero-order chi connectivity index (χ0) is 13.6. The first kappa shape index (κ1) is 13.6. The number of aromatic nitrogens is 2. The molecular formula is C14H23N5O. The normalized spacial score (nSPS) is 20.3. The summed E-state index contributed by atoms with van der Waals surface area (Å²) in [5.41, 5.74) is 0. The SMILES string of the molecule is c1cc(N2CCCC2)nc(NCCN2CCOCC2)n1. The zero-order valence-electron chi connectivity index (χ0n) is 11.9. The lowest BCUT2D eigenvalue weighted by Gasteiger charge is -2.26. The molecule has 3 heterocycles. The van der Waals surface area contributed by atoms with Crippen molar-refractivity contribution in [1.29, 1.82) is 0 Å². The third-order valence-electron chi connectivity index (χ3n) is 3.89. The lowest BCUT2D eigenvalue weighted by molar-refractivity contribution is 0.0398. The Kier molecular flexibility index (Phi) is 4.65. The first-order valence-electron chi connectivity index (χ1n) is 7.54. The number of hydrogen-bond donors (Lipinski definition) is 1. The van der Waals surface area contributed by atoms with Gasteiger partial charge in [-0.2, -0.15) is 4.98 Å². The Morgan fingerprint density at radius 2 is 1.95 bits per heavy atom. The van der Waals surface area contributed by atoms with Gasteiger partial charge in [0.25, 0.3) is 0 Å². The first-order chi connectivity index (χ1) is 9.92. The smallest absolute Gasteiger partial charge is 0.224 e. The van der Waals surface area contributed by atoms with Crippen molar-refractivity contribution < 1.29 is 4.74 Å². The molecule has 0 saturated carbocycles. The molecule has 0 atom stereocenters. The van der Waals surface area contributed by atoms with E-state index in [1.807, 2.05) is 12.3 Å². The van der Waals surface area contributed by atoms with E-state index < -0.39 is 0 Å². The Morgan fingerprint density at radius 3 is 2.75 bits per heavy atom. The van der Waals surface area contributed by atoms with Gasteiger partial charge >= 0.3 is 0 Å². The minimum absolute atomic E-state index is 0.739. The number of hydrogen-bond acceptors (Lipinski definition) is 6. The number of anilines is 2. The molecule has 1 aromatic rings. The molecule has 2 aliphatic heterocycles. The quantitative estimate of drug-likeness (QED) is 0.860. The lowest BCUT2D eigenvalue weighted by atomic mass is 10.4. The van der Waals surface area contributed by atoms with Crippen LogP contribution in [0.1, 0.15) is 12.8 Å². The van der Waals surface area contributed by atoms with E-state index in [-0.39, 0.29) is 0 Å². The molecule has 2 fully saturated rings. The molecule has 1 aromatic heterocycles. The van der Waals surface area contributed by atoms with Gasteiger partial charge in [-0.25, -0.2) is 4.98 Å². The molecule has 2 aliphatic rings. The summed E-state index contributed by atoms with van der Waals surface area (Å²) >= 11 is 0. The van der Waals surface area contributed by atoms with Gasteiger partial charge in [0.15, 0.2) is 0 Å². The van der Waals surface area contributed by atoms with Crippen molar-refractivity contribution >= 4 is 11.8 Å². The van der Waals surface area contributed by atoms with Crippen molar-refractivity contribution in [2.24, 2.45) is 0 Å². The van der Waals surface area contributed by atoms with Crippen LogP contribution in [0.3, 0.4) is 0 Å². The predicted octanol–water partition coefficient (Wildman–Crippen LogP) is 0.821. The molecule has 6 nitrogen and oxygen atoms in total. The fourth-order valence-electron chi connectivity index (χ4n) is 2.71. The topological polar surface area (TPSA) is 53.5 Å². The monoisotopic (exact) mass is 277 g/mol. The first-order valence-corrected chi connectivity index (χ1v) is 7.54. The molecule has 2 saturated heterocycles. The highest BCUT2D eigenvalue weighted by atomic mass is 16.5. The van der Waals surface area contributed by atoms with E-state index >= 15 is 0 Å². The standard InChI is InChI=1S/C14H23N5O/c1-2-7-19(6-1)13-3-4-15-14(17-13)16-5-8-18-9-11-20-12-10-18/h3-4H,1-2,5-12H2,(H,15,16,17). The second kappa shape index (κ2) is 6.85. The van der Waals surface area contributed by atoms with Gasteiger partial charge in [0.1, 0.15) is 5.82 Å². The molecule has 1 N–H and O–H groups in total. The molecule has 0 aromatic carbocycles. The predicted molar refractivity (Wildman–Crippen MR) is 79.2 cm³/mol. The van der Waals surface area contributed by atoms with Gasteiger partial charge in [-0.15, -0.1) is 0 Å². The van der Waals surface area contributed by atoms with Gasteiger partial charge < -0.3 is 15.0 Å². The van der Waals surface area contributed by atoms with E-state index in [0.717, 1.165) is 64.2 Å². The van der Waals surface area contributed by atoms with Crippen LogP contribution in [0.5, 0.6) is 0 Å². The molecule has 0 bridgehead atoms. The molecule has 3 rings (SSSR count). The zero-order valence-corrected chi connectivity index (χ0v) is 11.9. The van der Waals surface area contributed by atoms with Gasteiger partial charge in [-0.05, 0) is 18.9 Å². The Labute approximate surface area is 120 Å². The highest BCUT2D eigenvalue weighted by molar-refractivity contribution is 5.43. The summed E-state index contributed by atoms with van der Waals surface area (Å²) in [5.74, 6) is 1.79. The van der Waals surface area contributed by atoms with Gasteiger partial charge in [0.05, 0.1) is 13.2 Å². The third kappa shape index (κ3) is 3.58. The summed E-state index contributed by atoms with van der Waals surface area (Å²) in [4.78, 5) is 13.6. The van der Waals surface area contributed by atoms with Crippen LogP contribution in [-0.4, -0.2) is 67.4 Å². The highest BCUT2D eigenvalue weighted by Gasteiger charge is 2.14. The summed E-state index contributed by atoms with van der Waals surface area (Å²) in [6, 6.07) is 2.00. The van der Waals surface area contributed by atoms with Gasteiger partial charge in [-0.3, -0.25) is 4.90 Å². The van der Waals surface area contributed by atoms with Crippen molar-refractivity contribution in [1.82, 2.24) is 14.9 Å². The van der Waals surface area contributed by atoms with Crippen LogP contribution in [0.15, 0.2) is 12.3 Å². The second-order valence-electron chi connectivity index (χ2n) is 5.31. The molecule has 0 aliphatic carbocycles. The van der Waals surface area contributed by atoms with Crippen LogP contribution in [-0.2, 0) is 4.74 Å². The second-order valence-corrected chi connectivity index (χ2v) is 5.31. The number of ether oxygens (including phenoxy) is 1. The Bertz CT molecular complexity index is 416. The summed E-state index contributed by atoms with van der Waals surface area (Å²) in [6.07, 6.45) is 4.38. The average molecular weight is 277 g/mol. The average Bonchev–Trinajstić information content (AvgIpc) is 3.03. The van der Waals surface area contributed by atoms with Gasteiger partial charge in [-0.1, -0.05) is 0 Å². The Balaban J connectivity index is 1.48. The molecule has 110 valence electrons. The Hall–Kier alpha value is -1.40. The number of nitrogens with one attached hydrogen (secondary N) is 1. The van der Waals surface area contributed by atoms with E-state index in [1.54, 1.807) is 0 Å². The lowest BCUT2D eigenvalue weighted by Crippen LogP contribution is -2.39. The van der Waals surface area contributed by atoms with Crippen molar-refractivity contribution in [3.05, 3.63) is 12.3 Å². The number of nitrogens with zero attached hydrogens (tertiary/aromatic N) is 4. The molecule has 6 heteroatoms. The van der Waals surface area contributed by atoms with Crippen LogP contribution >= 0.6 is 0 Å². The Morgan fingerprint density at radius 1 is 1.15 bits per heavy atom. The molecule has 0 radical (unpaired) electrons. The largest absolute Gasteiger partial charge is 0.379 e. The summed E-state index contributed by atoms with van der Waals surface area (Å²) in [6.45, 7) is 7.87. The maximum absolute atomic E-state index is 5.34. The molecule has 0 spiro atoms. The third-order valence-corrected chi connectivity index (χ3v) is 3.89. The molecule has 0 unspecified atom stereocenters. The van der Waals surface area contributed by atoms with E-state index in [0.29, 0.717) is 0 Å². The van der Waals surface area contributed by atoms with E-state index in [2.05, 4.69) is 25.1 Å². The van der Waals surface area contributed by atoms with E-state index in [9.17, 15) is 0 Å². The number of morpholine rings is 1. The van der Waals surface area contributed by atoms with Crippen molar-refractivity contribution in [2.75, 3.05) is 62.7 Å². The molecule has 0 amide bonds. The maximum Gasteiger partial charge on any atom is 0.224 e. The van der Waals surface area contributed by atoms with Crippen LogP contribution in [0.25, 0.3) is 0 Å². The summed E-state index contributed by atoms with van der Waals surface area (Å²) in [5, 5.41) is 3.32. The minimum atomic E-state index is 0.739. The molecular weight excluding hydrogens is 254 g/mol. The van der Waals surface area contributed by atoms with Crippen LogP contribution in [0.2, 0.25) is 0 Å². The number of rotatable bonds is 5. The van der Waals surface area contributed by atoms with E-state index in [4.69, 9.17) is 4.74 Å². The summed E-state index contributed by atoms with van der Waals surface area (Å²) in [7, 11) is 0. The van der Waals surface area contributed by atoms with Crippen LogP contribution < -0.4 is 10.2 Å². The summed E-state index contributed by atoms with van der Waals surface area (Å²) < 4.78 is 5.34. The van der Waals surface area contributed by atoms with Gasteiger partial charge in [0.2, 0.25) is 5.95 Å². The van der Waals surface area contributed by atoms with Gasteiger partial charge in [0, 0.05) is 45.5 Å². The maximum atomic E-state index is 5.34. The molecule has 20 heavy (non-hydrogen) atoms. The van der Waals surface area contributed by atoms with Crippen LogP contribution in [0, 0.1) is 0 Å². The minimum Gasteiger partial charge on any atom is -0.379 e.